The SMILES string of the molecule is CCOc1c(Br)cc(CC(C)N)cc1Br. The van der Waals surface area contributed by atoms with Crippen LogP contribution in [-0.4, -0.2) is 12.6 Å². The summed E-state index contributed by atoms with van der Waals surface area (Å²) >= 11 is 6.99. The highest BCUT2D eigenvalue weighted by molar-refractivity contribution is 9.11. The van der Waals surface area contributed by atoms with E-state index in [-0.39, 0.29) is 6.04 Å². The van der Waals surface area contributed by atoms with Crippen molar-refractivity contribution in [2.45, 2.75) is 26.3 Å². The lowest BCUT2D eigenvalue weighted by Gasteiger charge is -2.12. The number of rotatable bonds is 4. The number of benzene rings is 1. The molecular weight excluding hydrogens is 322 g/mol. The quantitative estimate of drug-likeness (QED) is 0.913. The van der Waals surface area contributed by atoms with Crippen molar-refractivity contribution in [2.75, 3.05) is 6.61 Å². The maximum Gasteiger partial charge on any atom is 0.147 e. The molecule has 0 aliphatic heterocycles. The Balaban J connectivity index is 2.97. The van der Waals surface area contributed by atoms with E-state index < -0.39 is 0 Å². The van der Waals surface area contributed by atoms with Gasteiger partial charge in [0.1, 0.15) is 5.75 Å². The molecule has 0 amide bonds. The van der Waals surface area contributed by atoms with Crippen LogP contribution < -0.4 is 10.5 Å². The van der Waals surface area contributed by atoms with Gasteiger partial charge in [-0.05, 0) is 69.8 Å². The highest BCUT2D eigenvalue weighted by Crippen LogP contribution is 2.34. The minimum absolute atomic E-state index is 0.168. The van der Waals surface area contributed by atoms with Gasteiger partial charge in [0.15, 0.2) is 0 Å². The van der Waals surface area contributed by atoms with Gasteiger partial charge in [-0.15, -0.1) is 0 Å². The van der Waals surface area contributed by atoms with Gasteiger partial charge in [-0.2, -0.15) is 0 Å². The second-order valence-corrected chi connectivity index (χ2v) is 5.21. The summed E-state index contributed by atoms with van der Waals surface area (Å²) in [7, 11) is 0. The summed E-state index contributed by atoms with van der Waals surface area (Å²) < 4.78 is 7.44. The minimum atomic E-state index is 0.168. The minimum Gasteiger partial charge on any atom is -0.492 e. The molecule has 1 rings (SSSR count). The molecule has 0 saturated heterocycles. The van der Waals surface area contributed by atoms with Gasteiger partial charge in [0, 0.05) is 6.04 Å². The zero-order valence-electron chi connectivity index (χ0n) is 8.89. The zero-order chi connectivity index (χ0) is 11.4. The van der Waals surface area contributed by atoms with Gasteiger partial charge in [0.2, 0.25) is 0 Å². The lowest BCUT2D eigenvalue weighted by Crippen LogP contribution is -2.17. The molecule has 0 aromatic heterocycles. The summed E-state index contributed by atoms with van der Waals surface area (Å²) in [6.07, 6.45) is 0.865. The third-order valence-corrected chi connectivity index (χ3v) is 3.08. The summed E-state index contributed by atoms with van der Waals surface area (Å²) in [5.41, 5.74) is 6.96. The van der Waals surface area contributed by atoms with Crippen molar-refractivity contribution in [1.82, 2.24) is 0 Å². The van der Waals surface area contributed by atoms with Crippen LogP contribution in [0.25, 0.3) is 0 Å². The molecule has 84 valence electrons. The fourth-order valence-electron chi connectivity index (χ4n) is 1.38. The standard InChI is InChI=1S/C11H15Br2NO/c1-3-15-11-9(12)5-8(4-7(2)14)6-10(11)13/h5-7H,3-4,14H2,1-2H3. The summed E-state index contributed by atoms with van der Waals surface area (Å²) in [6.45, 7) is 4.62. The molecule has 0 heterocycles. The van der Waals surface area contributed by atoms with E-state index in [2.05, 4.69) is 44.0 Å². The number of halogens is 2. The number of hydrogen-bond acceptors (Lipinski definition) is 2. The number of hydrogen-bond donors (Lipinski definition) is 1. The van der Waals surface area contributed by atoms with Crippen molar-refractivity contribution >= 4 is 31.9 Å². The van der Waals surface area contributed by atoms with Crippen molar-refractivity contribution in [3.05, 3.63) is 26.6 Å². The Hall–Kier alpha value is -0.0600. The first-order chi connectivity index (χ1) is 7.04. The predicted octanol–water partition coefficient (Wildman–Crippen LogP) is 3.50. The first-order valence-corrected chi connectivity index (χ1v) is 6.49. The average molecular weight is 337 g/mol. The fraction of sp³-hybridized carbons (Fsp3) is 0.455. The lowest BCUT2D eigenvalue weighted by atomic mass is 10.1. The van der Waals surface area contributed by atoms with E-state index in [1.54, 1.807) is 0 Å². The van der Waals surface area contributed by atoms with Gasteiger partial charge >= 0.3 is 0 Å². The monoisotopic (exact) mass is 335 g/mol. The summed E-state index contributed by atoms with van der Waals surface area (Å²) in [6, 6.07) is 4.28. The molecule has 0 aliphatic rings. The smallest absolute Gasteiger partial charge is 0.147 e. The molecule has 0 saturated carbocycles. The van der Waals surface area contributed by atoms with Gasteiger partial charge in [0.25, 0.3) is 0 Å². The van der Waals surface area contributed by atoms with Gasteiger partial charge in [-0.3, -0.25) is 0 Å². The molecule has 1 aromatic rings. The van der Waals surface area contributed by atoms with Crippen LogP contribution in [0.2, 0.25) is 0 Å². The molecule has 1 aromatic carbocycles. The molecule has 0 aliphatic carbocycles. The second kappa shape index (κ2) is 5.87. The summed E-state index contributed by atoms with van der Waals surface area (Å²) in [5, 5.41) is 0. The lowest BCUT2D eigenvalue weighted by molar-refractivity contribution is 0.336. The van der Waals surface area contributed by atoms with Crippen LogP contribution in [0.1, 0.15) is 19.4 Å². The topological polar surface area (TPSA) is 35.2 Å². The predicted molar refractivity (Wildman–Crippen MR) is 70.4 cm³/mol. The van der Waals surface area contributed by atoms with Crippen LogP contribution in [0.15, 0.2) is 21.1 Å². The first-order valence-electron chi connectivity index (χ1n) is 4.91. The number of ether oxygens (including phenoxy) is 1. The van der Waals surface area contributed by atoms with Crippen molar-refractivity contribution in [1.29, 1.82) is 0 Å². The van der Waals surface area contributed by atoms with Crippen LogP contribution in [-0.2, 0) is 6.42 Å². The van der Waals surface area contributed by atoms with Crippen LogP contribution in [0.4, 0.5) is 0 Å². The van der Waals surface area contributed by atoms with Gasteiger partial charge in [-0.25, -0.2) is 0 Å². The molecule has 1 unspecified atom stereocenters. The van der Waals surface area contributed by atoms with E-state index in [9.17, 15) is 0 Å². The Morgan fingerprint density at radius 3 is 2.27 bits per heavy atom. The summed E-state index contributed by atoms with van der Waals surface area (Å²) in [5.74, 6) is 0.853. The largest absolute Gasteiger partial charge is 0.492 e. The maximum absolute atomic E-state index is 5.76. The molecule has 1 atom stereocenters. The Morgan fingerprint density at radius 1 is 1.33 bits per heavy atom. The number of nitrogens with two attached hydrogens (primary N) is 1. The first kappa shape index (κ1) is 13.0. The fourth-order valence-corrected chi connectivity index (χ4v) is 2.89. The van der Waals surface area contributed by atoms with Crippen LogP contribution >= 0.6 is 31.9 Å². The average Bonchev–Trinajstić information content (AvgIpc) is 2.10. The Kier molecular flexibility index (Phi) is 5.09. The molecule has 0 bridgehead atoms. The van der Waals surface area contributed by atoms with E-state index in [1.807, 2.05) is 13.8 Å². The van der Waals surface area contributed by atoms with Gasteiger partial charge in [0.05, 0.1) is 15.6 Å². The third kappa shape index (κ3) is 3.78. The van der Waals surface area contributed by atoms with E-state index in [1.165, 1.54) is 5.56 Å². The Labute approximate surface area is 107 Å². The Bertz CT molecular complexity index is 316. The highest BCUT2D eigenvalue weighted by Gasteiger charge is 2.09. The molecular formula is C11H15Br2NO. The molecule has 0 spiro atoms. The van der Waals surface area contributed by atoms with Crippen molar-refractivity contribution in [3.8, 4) is 5.75 Å². The van der Waals surface area contributed by atoms with Gasteiger partial charge in [-0.1, -0.05) is 0 Å². The summed E-state index contributed by atoms with van der Waals surface area (Å²) in [4.78, 5) is 0. The van der Waals surface area contributed by atoms with E-state index >= 15 is 0 Å². The van der Waals surface area contributed by atoms with Crippen LogP contribution in [0, 0.1) is 0 Å². The second-order valence-electron chi connectivity index (χ2n) is 3.50. The van der Waals surface area contributed by atoms with E-state index in [0.29, 0.717) is 6.61 Å². The van der Waals surface area contributed by atoms with Crippen molar-refractivity contribution in [2.24, 2.45) is 5.73 Å². The van der Waals surface area contributed by atoms with Crippen LogP contribution in [0.5, 0.6) is 5.75 Å². The normalized spacial score (nSPS) is 12.6. The van der Waals surface area contributed by atoms with E-state index in [0.717, 1.165) is 21.1 Å². The molecule has 2 N–H and O–H groups in total. The zero-order valence-corrected chi connectivity index (χ0v) is 12.1. The Morgan fingerprint density at radius 2 is 1.87 bits per heavy atom. The van der Waals surface area contributed by atoms with Crippen molar-refractivity contribution in [3.63, 3.8) is 0 Å². The van der Waals surface area contributed by atoms with Gasteiger partial charge < -0.3 is 10.5 Å². The molecule has 0 fully saturated rings. The van der Waals surface area contributed by atoms with Crippen LogP contribution in [0.3, 0.4) is 0 Å². The molecule has 15 heavy (non-hydrogen) atoms. The molecule has 0 radical (unpaired) electrons. The highest BCUT2D eigenvalue weighted by atomic mass is 79.9. The van der Waals surface area contributed by atoms with Crippen molar-refractivity contribution < 1.29 is 4.74 Å². The maximum atomic E-state index is 5.76. The third-order valence-electron chi connectivity index (χ3n) is 1.90. The molecule has 4 heteroatoms. The van der Waals surface area contributed by atoms with E-state index in [4.69, 9.17) is 10.5 Å². The molecule has 2 nitrogen and oxygen atoms in total.